The van der Waals surface area contributed by atoms with Crippen LogP contribution in [0.1, 0.15) is 34.7 Å². The van der Waals surface area contributed by atoms with Crippen LogP contribution in [0.15, 0.2) is 42.6 Å². The van der Waals surface area contributed by atoms with Crippen molar-refractivity contribution in [2.24, 2.45) is 0 Å². The number of aryl methyl sites for hydroxylation is 2. The molecule has 0 bridgehead atoms. The van der Waals surface area contributed by atoms with Crippen LogP contribution < -0.4 is 5.32 Å². The molecule has 2 aromatic heterocycles. The monoisotopic (exact) mass is 425 g/mol. The minimum Gasteiger partial charge on any atom is -0.438 e. The van der Waals surface area contributed by atoms with E-state index in [1.165, 1.54) is 7.11 Å². The molecular weight excluding hydrogens is 398 g/mol. The van der Waals surface area contributed by atoms with Crippen LogP contribution in [0.5, 0.6) is 0 Å². The molecule has 0 aliphatic carbocycles. The highest BCUT2D eigenvalue weighted by molar-refractivity contribution is 5.75. The van der Waals surface area contributed by atoms with Crippen LogP contribution in [0.25, 0.3) is 5.65 Å². The number of methoxy groups -OCH3 is 2. The molecule has 4 rings (SSSR count). The van der Waals surface area contributed by atoms with Gasteiger partial charge in [0.25, 0.3) is 0 Å². The van der Waals surface area contributed by atoms with Gasteiger partial charge < -0.3 is 28.7 Å². The van der Waals surface area contributed by atoms with Crippen LogP contribution >= 0.6 is 0 Å². The molecule has 0 fully saturated rings. The number of nitrogens with zero attached hydrogens (tertiary/aromatic N) is 2. The Morgan fingerprint density at radius 3 is 2.61 bits per heavy atom. The van der Waals surface area contributed by atoms with E-state index in [-0.39, 0.29) is 6.04 Å². The number of ether oxygens (including phenoxy) is 4. The van der Waals surface area contributed by atoms with Gasteiger partial charge in [-0.2, -0.15) is 0 Å². The molecule has 31 heavy (non-hydrogen) atoms. The zero-order valence-electron chi connectivity index (χ0n) is 18.1. The molecule has 1 aromatic carbocycles. The Labute approximate surface area is 181 Å². The standard InChI is InChI=1S/C23H27N3O5/c1-14-15(2)26-11-10-17-19(22(26)24-14)25-18(16-8-6-5-7-9-16)21(31-23(27)29-4)20(17)30-13-12-28-3/h5-11,18,20-21,25H,12-13H2,1-4H3/t18-,20+,21-/m1/s1. The highest BCUT2D eigenvalue weighted by atomic mass is 16.7. The molecule has 0 spiro atoms. The average molecular weight is 425 g/mol. The summed E-state index contributed by atoms with van der Waals surface area (Å²) >= 11 is 0. The highest BCUT2D eigenvalue weighted by Gasteiger charge is 2.42. The average Bonchev–Trinajstić information content (AvgIpc) is 3.09. The van der Waals surface area contributed by atoms with Gasteiger partial charge in [-0.15, -0.1) is 0 Å². The first-order valence-electron chi connectivity index (χ1n) is 10.2. The van der Waals surface area contributed by atoms with E-state index in [0.29, 0.717) is 13.2 Å². The third-order valence-electron chi connectivity index (χ3n) is 5.68. The first-order valence-corrected chi connectivity index (χ1v) is 10.2. The number of hydrogen-bond donors (Lipinski definition) is 1. The second-order valence-corrected chi connectivity index (χ2v) is 7.48. The number of pyridine rings is 1. The lowest BCUT2D eigenvalue weighted by molar-refractivity contribution is -0.0806. The zero-order chi connectivity index (χ0) is 22.0. The van der Waals surface area contributed by atoms with E-state index < -0.39 is 18.4 Å². The van der Waals surface area contributed by atoms with Crippen molar-refractivity contribution in [1.29, 1.82) is 0 Å². The normalized spacial score (nSPS) is 20.2. The lowest BCUT2D eigenvalue weighted by Gasteiger charge is -2.39. The number of hydrogen-bond acceptors (Lipinski definition) is 7. The molecule has 1 aliphatic heterocycles. The molecule has 3 aromatic rings. The molecule has 8 nitrogen and oxygen atoms in total. The van der Waals surface area contributed by atoms with Gasteiger partial charge in [0.05, 0.1) is 37.7 Å². The Morgan fingerprint density at radius 1 is 1.13 bits per heavy atom. The summed E-state index contributed by atoms with van der Waals surface area (Å²) in [6.07, 6.45) is 0.0255. The summed E-state index contributed by atoms with van der Waals surface area (Å²) < 4.78 is 24.0. The molecule has 1 aliphatic rings. The minimum atomic E-state index is -0.759. The summed E-state index contributed by atoms with van der Waals surface area (Å²) in [5.41, 5.74) is 5.53. The number of fused-ring (bicyclic) bond motifs is 3. The maximum Gasteiger partial charge on any atom is 0.508 e. The summed E-state index contributed by atoms with van der Waals surface area (Å²) in [5, 5.41) is 3.57. The molecule has 0 saturated heterocycles. The van der Waals surface area contributed by atoms with Crippen molar-refractivity contribution < 1.29 is 23.7 Å². The van der Waals surface area contributed by atoms with E-state index in [2.05, 4.69) is 9.72 Å². The van der Waals surface area contributed by atoms with E-state index in [0.717, 1.165) is 33.8 Å². The SMILES string of the molecule is COCCO[C@H]1c2ccn3c(C)c(C)nc3c2N[C@H](c2ccccc2)[C@H]1OC(=O)OC. The van der Waals surface area contributed by atoms with Crippen LogP contribution in [0.2, 0.25) is 0 Å². The summed E-state index contributed by atoms with van der Waals surface area (Å²) in [7, 11) is 2.92. The maximum absolute atomic E-state index is 12.1. The lowest BCUT2D eigenvalue weighted by atomic mass is 9.88. The first kappa shape index (κ1) is 21.1. The highest BCUT2D eigenvalue weighted by Crippen LogP contribution is 2.44. The molecule has 0 saturated carbocycles. The lowest BCUT2D eigenvalue weighted by Crippen LogP contribution is -2.41. The van der Waals surface area contributed by atoms with Crippen molar-refractivity contribution in [3.05, 3.63) is 65.1 Å². The van der Waals surface area contributed by atoms with Crippen LogP contribution in [-0.4, -0.2) is 49.1 Å². The molecular formula is C23H27N3O5. The van der Waals surface area contributed by atoms with Gasteiger partial charge in [0.15, 0.2) is 11.8 Å². The third kappa shape index (κ3) is 3.96. The zero-order valence-corrected chi connectivity index (χ0v) is 18.1. The first-order chi connectivity index (χ1) is 15.0. The summed E-state index contributed by atoms with van der Waals surface area (Å²) in [4.78, 5) is 16.9. The van der Waals surface area contributed by atoms with Crippen molar-refractivity contribution in [3.8, 4) is 0 Å². The molecule has 8 heteroatoms. The van der Waals surface area contributed by atoms with Crippen LogP contribution in [0.3, 0.4) is 0 Å². The number of carbonyl (C=O) groups excluding carboxylic acids is 1. The maximum atomic E-state index is 12.1. The largest absolute Gasteiger partial charge is 0.508 e. The Hall–Kier alpha value is -3.10. The summed E-state index contributed by atoms with van der Waals surface area (Å²) in [5.74, 6) is 0. The van der Waals surface area contributed by atoms with Crippen LogP contribution in [0, 0.1) is 13.8 Å². The van der Waals surface area contributed by atoms with Crippen molar-refractivity contribution in [1.82, 2.24) is 9.38 Å². The van der Waals surface area contributed by atoms with Gasteiger partial charge in [-0.3, -0.25) is 0 Å². The van der Waals surface area contributed by atoms with Crippen molar-refractivity contribution in [2.75, 3.05) is 32.8 Å². The van der Waals surface area contributed by atoms with E-state index in [1.807, 2.05) is 56.4 Å². The summed E-state index contributed by atoms with van der Waals surface area (Å²) in [6, 6.07) is 11.5. The number of anilines is 1. The smallest absolute Gasteiger partial charge is 0.438 e. The van der Waals surface area contributed by atoms with Crippen LogP contribution in [0.4, 0.5) is 10.5 Å². The van der Waals surface area contributed by atoms with Gasteiger partial charge in [-0.25, -0.2) is 9.78 Å². The number of imidazole rings is 1. The fourth-order valence-corrected chi connectivity index (χ4v) is 3.99. The van der Waals surface area contributed by atoms with Gasteiger partial charge >= 0.3 is 6.16 Å². The second-order valence-electron chi connectivity index (χ2n) is 7.48. The number of aromatic nitrogens is 2. The Morgan fingerprint density at radius 2 is 1.90 bits per heavy atom. The summed E-state index contributed by atoms with van der Waals surface area (Å²) in [6.45, 7) is 4.79. The molecule has 0 amide bonds. The van der Waals surface area contributed by atoms with Gasteiger partial charge in [-0.05, 0) is 25.5 Å². The predicted octanol–water partition coefficient (Wildman–Crippen LogP) is 3.97. The quantitative estimate of drug-likeness (QED) is 0.472. The van der Waals surface area contributed by atoms with Gasteiger partial charge in [0, 0.05) is 24.6 Å². The number of benzene rings is 1. The molecule has 0 unspecified atom stereocenters. The van der Waals surface area contributed by atoms with E-state index >= 15 is 0 Å². The van der Waals surface area contributed by atoms with Crippen molar-refractivity contribution >= 4 is 17.5 Å². The number of carbonyl (C=O) groups is 1. The van der Waals surface area contributed by atoms with Gasteiger partial charge in [0.1, 0.15) is 6.10 Å². The van der Waals surface area contributed by atoms with Crippen molar-refractivity contribution in [3.63, 3.8) is 0 Å². The fraction of sp³-hybridized carbons (Fsp3) is 0.391. The Balaban J connectivity index is 1.86. The minimum absolute atomic E-state index is 0.348. The molecule has 0 radical (unpaired) electrons. The Bertz CT molecular complexity index is 1070. The van der Waals surface area contributed by atoms with E-state index in [9.17, 15) is 4.79 Å². The Kier molecular flexibility index (Phi) is 6.11. The third-order valence-corrected chi connectivity index (χ3v) is 5.68. The van der Waals surface area contributed by atoms with Gasteiger partial charge in [-0.1, -0.05) is 30.3 Å². The molecule has 3 heterocycles. The number of rotatable bonds is 6. The number of nitrogens with one attached hydrogen (secondary N) is 1. The fourth-order valence-electron chi connectivity index (χ4n) is 3.99. The molecule has 3 atom stereocenters. The van der Waals surface area contributed by atoms with Crippen molar-refractivity contribution in [2.45, 2.75) is 32.1 Å². The van der Waals surface area contributed by atoms with E-state index in [4.69, 9.17) is 23.9 Å². The molecule has 1 N–H and O–H groups in total. The van der Waals surface area contributed by atoms with Crippen LogP contribution in [-0.2, 0) is 18.9 Å². The topological polar surface area (TPSA) is 83.3 Å². The predicted molar refractivity (Wildman–Crippen MR) is 115 cm³/mol. The van der Waals surface area contributed by atoms with E-state index in [1.54, 1.807) is 7.11 Å². The van der Waals surface area contributed by atoms with Gasteiger partial charge in [0.2, 0.25) is 0 Å². The second kappa shape index (κ2) is 8.95. The molecule has 164 valence electrons.